The van der Waals surface area contributed by atoms with Gasteiger partial charge >= 0.3 is 24.3 Å². The summed E-state index contributed by atoms with van der Waals surface area (Å²) in [7, 11) is 0. The Bertz CT molecular complexity index is 1980. The number of carbonyl (C=O) groups is 4. The number of aryl methyl sites for hydroxylation is 2. The normalized spacial score (nSPS) is 15.0. The summed E-state index contributed by atoms with van der Waals surface area (Å²) >= 11 is 6.38. The van der Waals surface area contributed by atoms with Crippen LogP contribution in [0, 0.1) is 5.92 Å². The summed E-state index contributed by atoms with van der Waals surface area (Å²) in [6.07, 6.45) is -1.48. The number of amides is 2. The van der Waals surface area contributed by atoms with Gasteiger partial charge in [0.25, 0.3) is 5.91 Å². The van der Waals surface area contributed by atoms with E-state index >= 15 is 0 Å². The molecule has 55 heavy (non-hydrogen) atoms. The molecule has 0 radical (unpaired) electrons. The Morgan fingerprint density at radius 3 is 2.20 bits per heavy atom. The maximum absolute atomic E-state index is 13.2. The number of nitrogens with zero attached hydrogens (tertiary/aromatic N) is 4. The van der Waals surface area contributed by atoms with Gasteiger partial charge in [0.15, 0.2) is 5.82 Å². The fraction of sp³-hybridized carbons (Fsp3) is 0.286. The number of nitrogens with one attached hydrogen (secondary N) is 3. The number of rotatable bonds is 4. The van der Waals surface area contributed by atoms with Gasteiger partial charge in [0.1, 0.15) is 5.02 Å². The Kier molecular flexibility index (Phi) is 14.0. The van der Waals surface area contributed by atoms with Crippen molar-refractivity contribution in [1.82, 2.24) is 19.9 Å². The minimum atomic E-state index is -5.08. The number of carbonyl (C=O) groups excluding carboxylic acids is 2. The molecule has 1 saturated heterocycles. The molecule has 2 aromatic carbocycles. The summed E-state index contributed by atoms with van der Waals surface area (Å²) < 4.78 is 63.5. The monoisotopic (exact) mass is 795 g/mol. The van der Waals surface area contributed by atoms with E-state index in [4.69, 9.17) is 31.4 Å². The van der Waals surface area contributed by atoms with Gasteiger partial charge in [-0.2, -0.15) is 31.3 Å². The molecule has 4 aromatic rings. The molecule has 1 fully saturated rings. The number of piperidine rings is 1. The van der Waals surface area contributed by atoms with Crippen molar-refractivity contribution in [2.45, 2.75) is 44.5 Å². The summed E-state index contributed by atoms with van der Waals surface area (Å²) in [6, 6.07) is 17.2. The Morgan fingerprint density at radius 1 is 0.873 bits per heavy atom. The van der Waals surface area contributed by atoms with E-state index in [1.165, 1.54) is 0 Å². The van der Waals surface area contributed by atoms with Gasteiger partial charge in [0.2, 0.25) is 11.9 Å². The maximum atomic E-state index is 13.2. The van der Waals surface area contributed by atoms with Crippen LogP contribution < -0.4 is 16.0 Å². The molecule has 0 unspecified atom stereocenters. The van der Waals surface area contributed by atoms with Gasteiger partial charge in [-0.1, -0.05) is 29.8 Å². The number of likely N-dealkylation sites (tertiary alicyclic amines) is 1. The van der Waals surface area contributed by atoms with E-state index in [1.54, 1.807) is 12.4 Å². The Morgan fingerprint density at radius 2 is 1.55 bits per heavy atom. The third-order valence-electron chi connectivity index (χ3n) is 7.91. The van der Waals surface area contributed by atoms with Gasteiger partial charge in [-0.15, -0.1) is 0 Å². The molecule has 6 rings (SSSR count). The van der Waals surface area contributed by atoms with Crippen molar-refractivity contribution in [3.63, 3.8) is 0 Å². The van der Waals surface area contributed by atoms with E-state index in [0.717, 1.165) is 47.5 Å². The Hall–Kier alpha value is -5.98. The summed E-state index contributed by atoms with van der Waals surface area (Å²) in [5, 5.41) is 24.3. The molecule has 13 nitrogen and oxygen atoms in total. The van der Waals surface area contributed by atoms with E-state index in [0.29, 0.717) is 48.3 Å². The quantitative estimate of drug-likeness (QED) is 0.131. The summed E-state index contributed by atoms with van der Waals surface area (Å²) in [6.45, 7) is 1.30. The van der Waals surface area contributed by atoms with Crippen molar-refractivity contribution in [3.05, 3.63) is 94.9 Å². The fourth-order valence-corrected chi connectivity index (χ4v) is 5.53. The maximum Gasteiger partial charge on any atom is 0.490 e. The van der Waals surface area contributed by atoms with Crippen LogP contribution in [0.25, 0.3) is 0 Å². The number of hydrogen-bond donors (Lipinski definition) is 5. The van der Waals surface area contributed by atoms with Crippen LogP contribution in [0.3, 0.4) is 0 Å². The molecule has 292 valence electrons. The number of anilines is 5. The molecular formula is C35H32ClF6N7O6. The minimum Gasteiger partial charge on any atom is -0.475 e. The van der Waals surface area contributed by atoms with E-state index < -0.39 is 24.3 Å². The number of aromatic nitrogens is 3. The lowest BCUT2D eigenvalue weighted by atomic mass is 9.93. The predicted octanol–water partition coefficient (Wildman–Crippen LogP) is 7.26. The number of pyridine rings is 1. The third-order valence-corrected chi connectivity index (χ3v) is 8.18. The molecule has 2 aliphatic rings. The van der Waals surface area contributed by atoms with Crippen molar-refractivity contribution < 1.29 is 55.7 Å². The highest BCUT2D eigenvalue weighted by Gasteiger charge is 2.39. The van der Waals surface area contributed by atoms with Crippen molar-refractivity contribution in [1.29, 1.82) is 0 Å². The number of fused-ring (bicyclic) bond motifs is 6. The molecule has 2 aliphatic heterocycles. The first-order valence-corrected chi connectivity index (χ1v) is 16.6. The summed E-state index contributed by atoms with van der Waals surface area (Å²) in [4.78, 5) is 59.0. The number of carboxylic acid groups (broad SMARTS) is 2. The van der Waals surface area contributed by atoms with E-state index in [2.05, 4.69) is 30.9 Å². The van der Waals surface area contributed by atoms with Crippen molar-refractivity contribution in [3.8, 4) is 0 Å². The molecule has 6 bridgehead atoms. The van der Waals surface area contributed by atoms with Crippen LogP contribution in [0.2, 0.25) is 5.02 Å². The number of hydrogen-bond acceptors (Lipinski definition) is 9. The zero-order valence-corrected chi connectivity index (χ0v) is 29.2. The van der Waals surface area contributed by atoms with Crippen molar-refractivity contribution in [2.24, 2.45) is 5.92 Å². The number of benzene rings is 2. The average Bonchev–Trinajstić information content (AvgIpc) is 3.13. The van der Waals surface area contributed by atoms with Gasteiger partial charge in [0, 0.05) is 42.6 Å². The lowest BCUT2D eigenvalue weighted by Gasteiger charge is -2.32. The molecule has 5 N–H and O–H groups in total. The van der Waals surface area contributed by atoms with Crippen LogP contribution in [0.15, 0.2) is 73.2 Å². The lowest BCUT2D eigenvalue weighted by molar-refractivity contribution is -0.193. The Labute approximate surface area is 313 Å². The van der Waals surface area contributed by atoms with Gasteiger partial charge in [-0.05, 0) is 79.1 Å². The summed E-state index contributed by atoms with van der Waals surface area (Å²) in [5.74, 6) is -4.55. The molecule has 2 amide bonds. The lowest BCUT2D eigenvalue weighted by Crippen LogP contribution is -2.40. The molecular weight excluding hydrogens is 764 g/mol. The molecule has 2 aromatic heterocycles. The SMILES string of the molecule is O=C(C[C@H]1CCCN(C(=O)c2ccccc2)C1)Nc1ccc2cc1CCc1cncc(c1)Nc1ncc(Cl)c(n1)N2.O=C(O)C(F)(F)F.O=C(O)C(F)(F)F. The zero-order chi connectivity index (χ0) is 40.3. The molecule has 0 saturated carbocycles. The van der Waals surface area contributed by atoms with Crippen molar-refractivity contribution >= 4 is 64.2 Å². The standard InChI is InChI=1S/C31H30ClN7O2.2C2HF3O2/c32-26-18-34-31-36-25-13-20(16-33-17-25)8-9-23-15-24(35-29(26)38-31)10-11-27(23)37-28(40)14-21-5-4-12-39(19-21)30(41)22-6-2-1-3-7-22;2*3-2(4,5)1(6)7/h1-3,6-7,10-11,13,15-18,21H,4-5,8-9,12,14,19H2,(H,37,40)(H2,34,35,36,38);2*(H,6,7)/t21-;;/m1../s1. The highest BCUT2D eigenvalue weighted by molar-refractivity contribution is 6.32. The number of carboxylic acids is 2. The van der Waals surface area contributed by atoms with Gasteiger partial charge < -0.3 is 31.1 Å². The van der Waals surface area contributed by atoms with Gasteiger partial charge in [-0.25, -0.2) is 14.6 Å². The second-order valence-corrected chi connectivity index (χ2v) is 12.5. The predicted molar refractivity (Wildman–Crippen MR) is 187 cm³/mol. The second kappa shape index (κ2) is 18.4. The third kappa shape index (κ3) is 12.8. The first-order chi connectivity index (χ1) is 25.9. The average molecular weight is 796 g/mol. The molecule has 4 heterocycles. The van der Waals surface area contributed by atoms with Crippen LogP contribution in [-0.2, 0) is 27.2 Å². The van der Waals surface area contributed by atoms with Gasteiger partial charge in [0.05, 0.1) is 18.1 Å². The van der Waals surface area contributed by atoms with Crippen LogP contribution in [0.5, 0.6) is 0 Å². The van der Waals surface area contributed by atoms with Crippen LogP contribution in [-0.4, -0.2) is 79.3 Å². The second-order valence-electron chi connectivity index (χ2n) is 12.1. The fourth-order valence-electron chi connectivity index (χ4n) is 5.40. The largest absolute Gasteiger partial charge is 0.490 e. The smallest absolute Gasteiger partial charge is 0.475 e. The van der Waals surface area contributed by atoms with Gasteiger partial charge in [-0.3, -0.25) is 14.6 Å². The summed E-state index contributed by atoms with van der Waals surface area (Å²) in [5.41, 5.74) is 5.06. The van der Waals surface area contributed by atoms with Crippen LogP contribution in [0.1, 0.15) is 40.7 Å². The highest BCUT2D eigenvalue weighted by Crippen LogP contribution is 2.30. The first-order valence-electron chi connectivity index (χ1n) is 16.3. The highest BCUT2D eigenvalue weighted by atomic mass is 35.5. The first kappa shape index (κ1) is 41.8. The van der Waals surface area contributed by atoms with Crippen molar-refractivity contribution in [2.75, 3.05) is 29.0 Å². The molecule has 1 atom stereocenters. The zero-order valence-electron chi connectivity index (χ0n) is 28.4. The van der Waals surface area contributed by atoms with E-state index in [1.807, 2.05) is 65.7 Å². The topological polar surface area (TPSA) is 187 Å². The van der Waals surface area contributed by atoms with Crippen LogP contribution >= 0.6 is 11.6 Å². The van der Waals surface area contributed by atoms with E-state index in [-0.39, 0.29) is 17.7 Å². The van der Waals surface area contributed by atoms with Crippen LogP contribution in [0.4, 0.5) is 55.2 Å². The molecule has 0 spiro atoms. The van der Waals surface area contributed by atoms with E-state index in [9.17, 15) is 35.9 Å². The number of halogens is 7. The number of alkyl halides is 6. The number of aliphatic carboxylic acids is 2. The Balaban J connectivity index is 0.000000410. The molecule has 20 heteroatoms. The molecule has 0 aliphatic carbocycles. The minimum absolute atomic E-state index is 0.0229.